The summed E-state index contributed by atoms with van der Waals surface area (Å²) < 4.78 is 10.7. The molecule has 1 aliphatic rings. The van der Waals surface area contributed by atoms with Crippen molar-refractivity contribution in [2.45, 2.75) is 31.8 Å². The normalized spacial score (nSPS) is 26.9. The molecule has 0 bridgehead atoms. The zero-order valence-electron chi connectivity index (χ0n) is 8.78. The molecule has 1 heterocycles. The maximum Gasteiger partial charge on any atom is 0.306 e. The standard InChI is InChI=1S/C10H18O4/c1-10(13-2,6-9(11)12)8-4-3-5-14-7-8/h8H,3-7H2,1-2H3,(H,11,12). The van der Waals surface area contributed by atoms with E-state index in [2.05, 4.69) is 0 Å². The van der Waals surface area contributed by atoms with E-state index in [9.17, 15) is 4.79 Å². The largest absolute Gasteiger partial charge is 0.481 e. The average Bonchev–Trinajstić information content (AvgIpc) is 2.18. The summed E-state index contributed by atoms with van der Waals surface area (Å²) in [5.74, 6) is -0.628. The first-order valence-electron chi connectivity index (χ1n) is 4.93. The Balaban J connectivity index is 2.61. The second kappa shape index (κ2) is 4.75. The van der Waals surface area contributed by atoms with Gasteiger partial charge in [0.25, 0.3) is 0 Å². The molecule has 1 saturated heterocycles. The summed E-state index contributed by atoms with van der Waals surface area (Å²) in [6, 6.07) is 0. The average molecular weight is 202 g/mol. The molecular weight excluding hydrogens is 184 g/mol. The molecule has 0 spiro atoms. The third-order valence-electron chi connectivity index (χ3n) is 2.99. The number of carboxylic acid groups (broad SMARTS) is 1. The van der Waals surface area contributed by atoms with Crippen molar-refractivity contribution in [2.75, 3.05) is 20.3 Å². The fraction of sp³-hybridized carbons (Fsp3) is 0.900. The summed E-state index contributed by atoms with van der Waals surface area (Å²) in [6.45, 7) is 3.24. The van der Waals surface area contributed by atoms with Crippen LogP contribution in [0.15, 0.2) is 0 Å². The number of hydrogen-bond acceptors (Lipinski definition) is 3. The molecule has 0 amide bonds. The van der Waals surface area contributed by atoms with Crippen LogP contribution in [-0.4, -0.2) is 37.0 Å². The van der Waals surface area contributed by atoms with E-state index < -0.39 is 11.6 Å². The topological polar surface area (TPSA) is 55.8 Å². The van der Waals surface area contributed by atoms with Gasteiger partial charge in [-0.1, -0.05) is 0 Å². The second-order valence-corrected chi connectivity index (χ2v) is 4.00. The van der Waals surface area contributed by atoms with Gasteiger partial charge >= 0.3 is 5.97 Å². The molecule has 1 fully saturated rings. The fourth-order valence-corrected chi connectivity index (χ4v) is 1.91. The van der Waals surface area contributed by atoms with E-state index in [1.807, 2.05) is 6.92 Å². The summed E-state index contributed by atoms with van der Waals surface area (Å²) in [5, 5.41) is 8.79. The van der Waals surface area contributed by atoms with Crippen LogP contribution in [-0.2, 0) is 14.3 Å². The molecule has 2 unspecified atom stereocenters. The molecule has 1 N–H and O–H groups in total. The first-order chi connectivity index (χ1) is 6.58. The van der Waals surface area contributed by atoms with E-state index in [1.165, 1.54) is 0 Å². The van der Waals surface area contributed by atoms with Crippen LogP contribution in [0.3, 0.4) is 0 Å². The van der Waals surface area contributed by atoms with Gasteiger partial charge in [0.05, 0.1) is 18.6 Å². The number of methoxy groups -OCH3 is 1. The van der Waals surface area contributed by atoms with Gasteiger partial charge in [-0.3, -0.25) is 4.79 Å². The lowest BCUT2D eigenvalue weighted by Crippen LogP contribution is -2.43. The van der Waals surface area contributed by atoms with Crippen molar-refractivity contribution in [3.05, 3.63) is 0 Å². The van der Waals surface area contributed by atoms with Gasteiger partial charge in [-0.2, -0.15) is 0 Å². The van der Waals surface area contributed by atoms with Gasteiger partial charge in [0.1, 0.15) is 0 Å². The molecular formula is C10H18O4. The van der Waals surface area contributed by atoms with Crippen molar-refractivity contribution >= 4 is 5.97 Å². The highest BCUT2D eigenvalue weighted by atomic mass is 16.5. The minimum absolute atomic E-state index is 0.0392. The molecule has 0 aromatic carbocycles. The van der Waals surface area contributed by atoms with Crippen LogP contribution in [0.5, 0.6) is 0 Å². The zero-order chi connectivity index (χ0) is 10.6. The van der Waals surface area contributed by atoms with Crippen molar-refractivity contribution in [1.82, 2.24) is 0 Å². The Morgan fingerprint density at radius 3 is 2.86 bits per heavy atom. The third-order valence-corrected chi connectivity index (χ3v) is 2.99. The maximum atomic E-state index is 10.7. The van der Waals surface area contributed by atoms with E-state index in [0.29, 0.717) is 6.61 Å². The lowest BCUT2D eigenvalue weighted by atomic mass is 9.82. The Bertz CT molecular complexity index is 198. The van der Waals surface area contributed by atoms with E-state index in [4.69, 9.17) is 14.6 Å². The van der Waals surface area contributed by atoms with Crippen LogP contribution in [0.2, 0.25) is 0 Å². The minimum atomic E-state index is -0.820. The van der Waals surface area contributed by atoms with Gasteiger partial charge in [-0.05, 0) is 19.8 Å². The van der Waals surface area contributed by atoms with Crippen LogP contribution >= 0.6 is 0 Å². The first-order valence-corrected chi connectivity index (χ1v) is 4.93. The molecule has 0 radical (unpaired) electrons. The Labute approximate surface area is 84.2 Å². The predicted molar refractivity (Wildman–Crippen MR) is 51.2 cm³/mol. The van der Waals surface area contributed by atoms with Gasteiger partial charge in [0, 0.05) is 19.6 Å². The van der Waals surface area contributed by atoms with Crippen molar-refractivity contribution in [3.63, 3.8) is 0 Å². The Kier molecular flexibility index (Phi) is 3.89. The first kappa shape index (κ1) is 11.5. The van der Waals surface area contributed by atoms with Crippen LogP contribution in [0.1, 0.15) is 26.2 Å². The van der Waals surface area contributed by atoms with Crippen molar-refractivity contribution in [2.24, 2.45) is 5.92 Å². The number of aliphatic carboxylic acids is 1. The van der Waals surface area contributed by atoms with Crippen molar-refractivity contribution < 1.29 is 19.4 Å². The summed E-state index contributed by atoms with van der Waals surface area (Å²) in [4.78, 5) is 10.7. The summed E-state index contributed by atoms with van der Waals surface area (Å²) >= 11 is 0. The van der Waals surface area contributed by atoms with Crippen LogP contribution < -0.4 is 0 Å². The fourth-order valence-electron chi connectivity index (χ4n) is 1.91. The van der Waals surface area contributed by atoms with Crippen molar-refractivity contribution in [1.29, 1.82) is 0 Å². The molecule has 2 atom stereocenters. The van der Waals surface area contributed by atoms with Crippen LogP contribution in [0, 0.1) is 5.92 Å². The molecule has 0 aliphatic carbocycles. The van der Waals surface area contributed by atoms with Crippen molar-refractivity contribution in [3.8, 4) is 0 Å². The maximum absolute atomic E-state index is 10.7. The van der Waals surface area contributed by atoms with Gasteiger partial charge in [-0.15, -0.1) is 0 Å². The molecule has 1 rings (SSSR count). The molecule has 0 aromatic rings. The SMILES string of the molecule is COC(C)(CC(=O)O)C1CCCOC1. The summed E-state index contributed by atoms with van der Waals surface area (Å²) in [7, 11) is 1.57. The highest BCUT2D eigenvalue weighted by Crippen LogP contribution is 2.31. The van der Waals surface area contributed by atoms with Gasteiger partial charge in [-0.25, -0.2) is 0 Å². The Morgan fingerprint density at radius 2 is 2.43 bits per heavy atom. The predicted octanol–water partition coefficient (Wildman–Crippen LogP) is 1.29. The minimum Gasteiger partial charge on any atom is -0.481 e. The lowest BCUT2D eigenvalue weighted by Gasteiger charge is -2.37. The number of rotatable bonds is 4. The third kappa shape index (κ3) is 2.69. The molecule has 0 aromatic heterocycles. The van der Waals surface area contributed by atoms with Gasteiger partial charge < -0.3 is 14.6 Å². The van der Waals surface area contributed by atoms with Crippen LogP contribution in [0.25, 0.3) is 0 Å². The highest BCUT2D eigenvalue weighted by molar-refractivity contribution is 5.68. The molecule has 1 aliphatic heterocycles. The monoisotopic (exact) mass is 202 g/mol. The molecule has 4 heteroatoms. The smallest absolute Gasteiger partial charge is 0.306 e. The molecule has 0 saturated carbocycles. The summed E-state index contributed by atoms with van der Waals surface area (Å²) in [5.41, 5.74) is -0.591. The van der Waals surface area contributed by atoms with E-state index in [1.54, 1.807) is 7.11 Å². The van der Waals surface area contributed by atoms with E-state index in [-0.39, 0.29) is 12.3 Å². The summed E-state index contributed by atoms with van der Waals surface area (Å²) in [6.07, 6.45) is 2.01. The lowest BCUT2D eigenvalue weighted by molar-refractivity contribution is -0.150. The van der Waals surface area contributed by atoms with E-state index >= 15 is 0 Å². The van der Waals surface area contributed by atoms with Crippen LogP contribution in [0.4, 0.5) is 0 Å². The Hall–Kier alpha value is -0.610. The van der Waals surface area contributed by atoms with E-state index in [0.717, 1.165) is 19.4 Å². The van der Waals surface area contributed by atoms with Gasteiger partial charge in [0.2, 0.25) is 0 Å². The number of ether oxygens (including phenoxy) is 2. The van der Waals surface area contributed by atoms with Gasteiger partial charge in [0.15, 0.2) is 0 Å². The number of carboxylic acids is 1. The highest BCUT2D eigenvalue weighted by Gasteiger charge is 2.37. The number of carbonyl (C=O) groups is 1. The zero-order valence-corrected chi connectivity index (χ0v) is 8.78. The molecule has 82 valence electrons. The Morgan fingerprint density at radius 1 is 1.71 bits per heavy atom. The number of hydrogen-bond donors (Lipinski definition) is 1. The molecule has 4 nitrogen and oxygen atoms in total. The second-order valence-electron chi connectivity index (χ2n) is 4.00. The molecule has 14 heavy (non-hydrogen) atoms. The quantitative estimate of drug-likeness (QED) is 0.746.